The van der Waals surface area contributed by atoms with Gasteiger partial charge in [-0.2, -0.15) is 5.26 Å². The second-order valence-electron chi connectivity index (χ2n) is 11.1. The molecule has 3 N–H and O–H groups in total. The van der Waals surface area contributed by atoms with Crippen molar-refractivity contribution < 1.29 is 4.74 Å². The number of nitrogen functional groups attached to an aromatic ring is 1. The average Bonchev–Trinajstić information content (AvgIpc) is 3.48. The number of aromatic nitrogens is 7. The number of pyridine rings is 3. The molecule has 0 bridgehead atoms. The zero-order valence-corrected chi connectivity index (χ0v) is 25.2. The van der Waals surface area contributed by atoms with Crippen molar-refractivity contribution in [2.24, 2.45) is 0 Å². The number of nitriles is 1. The van der Waals surface area contributed by atoms with Gasteiger partial charge in [0.05, 0.1) is 24.1 Å². The van der Waals surface area contributed by atoms with Crippen LogP contribution in [0.2, 0.25) is 0 Å². The number of piperidine rings is 1. The summed E-state index contributed by atoms with van der Waals surface area (Å²) in [6, 6.07) is 23.9. The lowest BCUT2D eigenvalue weighted by Gasteiger charge is -2.32. The van der Waals surface area contributed by atoms with Gasteiger partial charge in [-0.3, -0.25) is 14.5 Å². The van der Waals surface area contributed by atoms with Gasteiger partial charge in [-0.05, 0) is 66.9 Å². The third-order valence-electron chi connectivity index (χ3n) is 8.11. The highest BCUT2D eigenvalue weighted by Crippen LogP contribution is 2.32. The molecule has 1 saturated heterocycles. The average molecular weight is 610 g/mol. The molecule has 0 unspecified atom stereocenters. The van der Waals surface area contributed by atoms with Crippen LogP contribution in [0.1, 0.15) is 24.2 Å². The normalized spacial score (nSPS) is 13.8. The molecule has 0 saturated carbocycles. The molecule has 1 aliphatic heterocycles. The standard InChI is InChI=1S/C34H31N11O/c1-46-25-10-15-37-29(19-25)27-8-9-28-34(41-27)45(33(42-28)26-3-2-14-39-32(26)36)24-6-4-22(5-7-24)21-44-17-12-23(13-18-44)40-30-11-16-38-31(20-35)43-30/h2-11,14-16,19,23H,12-13,17-18,21H2,1H3,(H2,36,39)(H,38,40,43). The highest BCUT2D eigenvalue weighted by Gasteiger charge is 2.21. The highest BCUT2D eigenvalue weighted by atomic mass is 16.5. The molecule has 1 aromatic carbocycles. The summed E-state index contributed by atoms with van der Waals surface area (Å²) in [6.07, 6.45) is 6.96. The number of anilines is 2. The lowest BCUT2D eigenvalue weighted by Crippen LogP contribution is -2.38. The number of rotatable bonds is 8. The van der Waals surface area contributed by atoms with Crippen molar-refractivity contribution in [1.82, 2.24) is 39.4 Å². The molecule has 5 aromatic heterocycles. The fourth-order valence-electron chi connectivity index (χ4n) is 5.76. The van der Waals surface area contributed by atoms with Crippen molar-refractivity contribution in [3.8, 4) is 40.3 Å². The molecule has 1 fully saturated rings. The molecule has 6 heterocycles. The number of imidazole rings is 1. The van der Waals surface area contributed by atoms with Crippen LogP contribution in [0, 0.1) is 11.3 Å². The van der Waals surface area contributed by atoms with E-state index >= 15 is 0 Å². The van der Waals surface area contributed by atoms with E-state index in [0.29, 0.717) is 46.3 Å². The van der Waals surface area contributed by atoms with Crippen LogP contribution in [0.15, 0.2) is 85.3 Å². The first-order valence-corrected chi connectivity index (χ1v) is 15.0. The maximum absolute atomic E-state index is 9.08. The van der Waals surface area contributed by atoms with Crippen molar-refractivity contribution in [3.05, 3.63) is 96.7 Å². The zero-order valence-electron chi connectivity index (χ0n) is 25.2. The van der Waals surface area contributed by atoms with E-state index in [-0.39, 0.29) is 5.82 Å². The van der Waals surface area contributed by atoms with E-state index < -0.39 is 0 Å². The van der Waals surface area contributed by atoms with Crippen LogP contribution in [-0.2, 0) is 6.54 Å². The largest absolute Gasteiger partial charge is 0.497 e. The number of benzene rings is 1. The number of nitrogens with zero attached hydrogens (tertiary/aromatic N) is 9. The van der Waals surface area contributed by atoms with Gasteiger partial charge in [0.2, 0.25) is 5.82 Å². The second kappa shape index (κ2) is 12.6. The molecule has 12 heteroatoms. The monoisotopic (exact) mass is 609 g/mol. The summed E-state index contributed by atoms with van der Waals surface area (Å²) in [5.74, 6) is 2.64. The van der Waals surface area contributed by atoms with Gasteiger partial charge < -0.3 is 15.8 Å². The van der Waals surface area contributed by atoms with Crippen LogP contribution >= 0.6 is 0 Å². The quantitative estimate of drug-likeness (QED) is 0.243. The minimum absolute atomic E-state index is 0.177. The molecule has 228 valence electrons. The number of likely N-dealkylation sites (tertiary alicyclic amines) is 1. The number of hydrogen-bond acceptors (Lipinski definition) is 11. The van der Waals surface area contributed by atoms with Gasteiger partial charge in [-0.1, -0.05) is 12.1 Å². The third kappa shape index (κ3) is 5.91. The Morgan fingerprint density at radius 1 is 0.913 bits per heavy atom. The first-order valence-electron chi connectivity index (χ1n) is 15.0. The molecule has 0 spiro atoms. The fraction of sp³-hybridized carbons (Fsp3) is 0.206. The maximum Gasteiger partial charge on any atom is 0.234 e. The molecule has 0 atom stereocenters. The Morgan fingerprint density at radius 3 is 2.52 bits per heavy atom. The van der Waals surface area contributed by atoms with Crippen molar-refractivity contribution in [1.29, 1.82) is 5.26 Å². The van der Waals surface area contributed by atoms with Crippen LogP contribution in [0.4, 0.5) is 11.6 Å². The second-order valence-corrected chi connectivity index (χ2v) is 11.1. The fourth-order valence-corrected chi connectivity index (χ4v) is 5.76. The Kier molecular flexibility index (Phi) is 7.89. The van der Waals surface area contributed by atoms with Gasteiger partial charge in [0.25, 0.3) is 0 Å². The predicted octanol–water partition coefficient (Wildman–Crippen LogP) is 4.87. The predicted molar refractivity (Wildman–Crippen MR) is 175 cm³/mol. The number of nitrogens with one attached hydrogen (secondary N) is 1. The first-order chi connectivity index (χ1) is 22.6. The third-order valence-corrected chi connectivity index (χ3v) is 8.11. The van der Waals surface area contributed by atoms with Crippen LogP contribution in [0.3, 0.4) is 0 Å². The molecule has 1 aliphatic rings. The van der Waals surface area contributed by atoms with Crippen molar-refractivity contribution >= 4 is 22.8 Å². The maximum atomic E-state index is 9.08. The van der Waals surface area contributed by atoms with E-state index in [0.717, 1.165) is 49.2 Å². The molecule has 0 radical (unpaired) electrons. The molecular formula is C34H31N11O. The van der Waals surface area contributed by atoms with Gasteiger partial charge in [-0.15, -0.1) is 0 Å². The molecule has 6 aromatic rings. The first kappa shape index (κ1) is 28.8. The Balaban J connectivity index is 1.14. The Labute approximate surface area is 265 Å². The molecule has 46 heavy (non-hydrogen) atoms. The topological polar surface area (TPSA) is 157 Å². The van der Waals surface area contributed by atoms with Crippen molar-refractivity contribution in [2.75, 3.05) is 31.2 Å². The summed E-state index contributed by atoms with van der Waals surface area (Å²) < 4.78 is 7.43. The van der Waals surface area contributed by atoms with Crippen molar-refractivity contribution in [2.45, 2.75) is 25.4 Å². The van der Waals surface area contributed by atoms with E-state index in [1.807, 2.05) is 47.0 Å². The van der Waals surface area contributed by atoms with E-state index in [4.69, 9.17) is 25.7 Å². The number of nitrogens with two attached hydrogens (primary N) is 1. The van der Waals surface area contributed by atoms with E-state index in [1.165, 1.54) is 5.56 Å². The molecular weight excluding hydrogens is 578 g/mol. The van der Waals surface area contributed by atoms with Crippen LogP contribution < -0.4 is 15.8 Å². The van der Waals surface area contributed by atoms with Crippen molar-refractivity contribution in [3.63, 3.8) is 0 Å². The minimum Gasteiger partial charge on any atom is -0.497 e. The van der Waals surface area contributed by atoms with Crippen LogP contribution in [0.25, 0.3) is 39.6 Å². The molecule has 7 rings (SSSR count). The van der Waals surface area contributed by atoms with Gasteiger partial charge in [0.1, 0.15) is 29.0 Å². The molecule has 12 nitrogen and oxygen atoms in total. The summed E-state index contributed by atoms with van der Waals surface area (Å²) in [6.45, 7) is 2.75. The lowest BCUT2D eigenvalue weighted by molar-refractivity contribution is 0.211. The molecule has 0 amide bonds. The summed E-state index contributed by atoms with van der Waals surface area (Å²) in [5, 5.41) is 12.5. The van der Waals surface area contributed by atoms with Crippen LogP contribution in [0.5, 0.6) is 5.75 Å². The van der Waals surface area contributed by atoms with Gasteiger partial charge in [0, 0.05) is 56.0 Å². The smallest absolute Gasteiger partial charge is 0.234 e. The number of hydrogen-bond donors (Lipinski definition) is 2. The van der Waals surface area contributed by atoms with Gasteiger partial charge in [-0.25, -0.2) is 24.9 Å². The summed E-state index contributed by atoms with van der Waals surface area (Å²) in [5.41, 5.74) is 12.0. The number of ether oxygens (including phenoxy) is 1. The Morgan fingerprint density at radius 2 is 1.74 bits per heavy atom. The van der Waals surface area contributed by atoms with E-state index in [9.17, 15) is 0 Å². The Hall–Kier alpha value is -5.93. The lowest BCUT2D eigenvalue weighted by atomic mass is 10.0. The van der Waals surface area contributed by atoms with E-state index in [2.05, 4.69) is 54.4 Å². The van der Waals surface area contributed by atoms with Gasteiger partial charge in [0.15, 0.2) is 11.5 Å². The summed E-state index contributed by atoms with van der Waals surface area (Å²) in [7, 11) is 1.63. The van der Waals surface area contributed by atoms with E-state index in [1.54, 1.807) is 31.8 Å². The van der Waals surface area contributed by atoms with Gasteiger partial charge >= 0.3 is 0 Å². The number of methoxy groups -OCH3 is 1. The number of fused-ring (bicyclic) bond motifs is 1. The minimum atomic E-state index is 0.177. The zero-order chi connectivity index (χ0) is 31.5. The highest BCUT2D eigenvalue weighted by molar-refractivity contribution is 5.84. The molecule has 0 aliphatic carbocycles. The SMILES string of the molecule is COc1ccnc(-c2ccc3nc(-c4cccnc4N)n(-c4ccc(CN5CCC(Nc6ccnc(C#N)n6)CC5)cc4)c3n2)c1. The Bertz CT molecular complexity index is 2040. The van der Waals surface area contributed by atoms with Crippen LogP contribution in [-0.4, -0.2) is 65.6 Å². The summed E-state index contributed by atoms with van der Waals surface area (Å²) >= 11 is 0. The summed E-state index contributed by atoms with van der Waals surface area (Å²) in [4.78, 5) is 29.5.